The molecule has 0 aliphatic carbocycles. The molecular formula is C32H33N3O3. The van der Waals surface area contributed by atoms with Gasteiger partial charge in [-0.15, -0.1) is 0 Å². The molecule has 0 unspecified atom stereocenters. The third-order valence-corrected chi connectivity index (χ3v) is 8.15. The lowest BCUT2D eigenvalue weighted by Crippen LogP contribution is -2.48. The van der Waals surface area contributed by atoms with Crippen LogP contribution in [0.1, 0.15) is 37.7 Å². The number of unbranched alkanes of at least 4 members (excludes halogenated alkanes) is 1. The average Bonchev–Trinajstić information content (AvgIpc) is 3.31. The van der Waals surface area contributed by atoms with E-state index in [0.29, 0.717) is 19.4 Å². The molecular weight excluding hydrogens is 474 g/mol. The molecule has 0 heterocycles. The van der Waals surface area contributed by atoms with E-state index in [1.807, 2.05) is 0 Å². The number of rotatable bonds is 11. The number of hydrogen-bond acceptors (Lipinski definition) is 5. The van der Waals surface area contributed by atoms with Crippen molar-refractivity contribution in [1.82, 2.24) is 5.32 Å². The van der Waals surface area contributed by atoms with Crippen molar-refractivity contribution >= 4 is 65.7 Å². The summed E-state index contributed by atoms with van der Waals surface area (Å²) in [5.74, 6) is -0.767. The Morgan fingerprint density at radius 1 is 0.789 bits per heavy atom. The van der Waals surface area contributed by atoms with Gasteiger partial charge in [0.05, 0.1) is 13.2 Å². The number of carbonyl (C=O) groups excluding carboxylic acids is 2. The molecule has 0 spiro atoms. The number of carbonyl (C=O) groups is 2. The number of ether oxygens (including phenoxy) is 1. The Bertz CT molecular complexity index is 1700. The van der Waals surface area contributed by atoms with E-state index in [4.69, 9.17) is 16.2 Å². The lowest BCUT2D eigenvalue weighted by atomic mass is 9.92. The minimum Gasteiger partial charge on any atom is -0.467 e. The van der Waals surface area contributed by atoms with Crippen molar-refractivity contribution in [3.8, 4) is 0 Å². The van der Waals surface area contributed by atoms with Crippen LogP contribution in [0.2, 0.25) is 0 Å². The quantitative estimate of drug-likeness (QED) is 0.127. The van der Waals surface area contributed by atoms with Crippen LogP contribution in [-0.4, -0.2) is 37.6 Å². The Balaban J connectivity index is 1.28. The molecule has 1 amide bonds. The molecule has 6 rings (SSSR count). The molecule has 6 aromatic carbocycles. The summed E-state index contributed by atoms with van der Waals surface area (Å²) < 4.78 is 4.99. The molecule has 6 heteroatoms. The molecule has 0 aliphatic rings. The van der Waals surface area contributed by atoms with Crippen LogP contribution in [0.15, 0.2) is 54.6 Å². The number of amides is 1. The van der Waals surface area contributed by atoms with Gasteiger partial charge in [0, 0.05) is 0 Å². The third-order valence-electron chi connectivity index (χ3n) is 8.15. The van der Waals surface area contributed by atoms with Gasteiger partial charge in [0.25, 0.3) is 0 Å². The van der Waals surface area contributed by atoms with Crippen LogP contribution >= 0.6 is 0 Å². The van der Waals surface area contributed by atoms with E-state index < -0.39 is 18.1 Å². The van der Waals surface area contributed by atoms with Gasteiger partial charge in [-0.2, -0.15) is 0 Å². The standard InChI is InChI=1S/C32H33N3O3/c1-38-32(37)25(35-31(36)24(34)6-2-3-16-33)7-4-5-21-17-22-13-12-19-9-8-18-10-11-20-14-15-23(21)30-28(20)26(18)27(19)29(22)30/h8-15,17,24-25H,2-7,16,33-34H2,1H3,(H,35,36)/t24-,25-/m0/s1. The molecule has 2 atom stereocenters. The molecule has 0 saturated heterocycles. The molecule has 0 aliphatic heterocycles. The molecule has 0 bridgehead atoms. The van der Waals surface area contributed by atoms with Crippen molar-refractivity contribution < 1.29 is 14.3 Å². The van der Waals surface area contributed by atoms with Gasteiger partial charge in [-0.05, 0) is 98.1 Å². The predicted molar refractivity (Wildman–Crippen MR) is 155 cm³/mol. The van der Waals surface area contributed by atoms with Crippen LogP contribution < -0.4 is 16.8 Å². The maximum absolute atomic E-state index is 12.6. The molecule has 0 aromatic heterocycles. The van der Waals surface area contributed by atoms with E-state index >= 15 is 0 Å². The zero-order valence-electron chi connectivity index (χ0n) is 21.7. The SMILES string of the molecule is COC(=O)[C@H](CCCc1cc2ccc3ccc4ccc5ccc1c1c5c4c3c21)NC(=O)[C@@H](N)CCCCN. The van der Waals surface area contributed by atoms with E-state index in [1.165, 1.54) is 66.5 Å². The Morgan fingerprint density at radius 3 is 2.00 bits per heavy atom. The van der Waals surface area contributed by atoms with E-state index in [-0.39, 0.29) is 5.91 Å². The molecule has 0 radical (unpaired) electrons. The first-order chi connectivity index (χ1) is 18.5. The molecule has 6 nitrogen and oxygen atoms in total. The van der Waals surface area contributed by atoms with Crippen LogP contribution in [0.5, 0.6) is 0 Å². The van der Waals surface area contributed by atoms with Crippen LogP contribution in [0, 0.1) is 0 Å². The summed E-state index contributed by atoms with van der Waals surface area (Å²) in [7, 11) is 1.35. The first-order valence-electron chi connectivity index (χ1n) is 13.5. The normalized spacial score (nSPS) is 13.9. The Kier molecular flexibility index (Phi) is 6.38. The van der Waals surface area contributed by atoms with Crippen LogP contribution in [-0.2, 0) is 20.7 Å². The summed E-state index contributed by atoms with van der Waals surface area (Å²) in [5.41, 5.74) is 12.8. The largest absolute Gasteiger partial charge is 0.467 e. The van der Waals surface area contributed by atoms with Gasteiger partial charge in [0.2, 0.25) is 5.91 Å². The van der Waals surface area contributed by atoms with Crippen molar-refractivity contribution in [3.05, 3.63) is 60.2 Å². The minimum atomic E-state index is -0.722. The molecule has 5 N–H and O–H groups in total. The zero-order valence-corrected chi connectivity index (χ0v) is 21.7. The summed E-state index contributed by atoms with van der Waals surface area (Å²) >= 11 is 0. The van der Waals surface area contributed by atoms with Crippen LogP contribution in [0.3, 0.4) is 0 Å². The van der Waals surface area contributed by atoms with Crippen LogP contribution in [0.4, 0.5) is 0 Å². The summed E-state index contributed by atoms with van der Waals surface area (Å²) in [4.78, 5) is 25.1. The van der Waals surface area contributed by atoms with Gasteiger partial charge in [-0.25, -0.2) is 4.79 Å². The smallest absolute Gasteiger partial charge is 0.328 e. The number of aryl methyl sites for hydroxylation is 1. The fourth-order valence-electron chi connectivity index (χ4n) is 6.26. The lowest BCUT2D eigenvalue weighted by molar-refractivity contribution is -0.145. The molecule has 6 aromatic rings. The van der Waals surface area contributed by atoms with Gasteiger partial charge < -0.3 is 21.5 Å². The highest BCUT2D eigenvalue weighted by atomic mass is 16.5. The Hall–Kier alpha value is -3.74. The summed E-state index contributed by atoms with van der Waals surface area (Å²) in [6, 6.07) is 18.7. The highest BCUT2D eigenvalue weighted by Gasteiger charge is 2.25. The van der Waals surface area contributed by atoms with E-state index in [1.54, 1.807) is 0 Å². The van der Waals surface area contributed by atoms with Crippen molar-refractivity contribution in [2.45, 2.75) is 50.6 Å². The summed E-state index contributed by atoms with van der Waals surface area (Å²) in [5, 5.41) is 15.9. The monoisotopic (exact) mass is 507 g/mol. The van der Waals surface area contributed by atoms with Gasteiger partial charge in [-0.1, -0.05) is 61.0 Å². The zero-order chi connectivity index (χ0) is 26.4. The topological polar surface area (TPSA) is 107 Å². The van der Waals surface area contributed by atoms with E-state index in [9.17, 15) is 9.59 Å². The van der Waals surface area contributed by atoms with Crippen molar-refractivity contribution in [3.63, 3.8) is 0 Å². The average molecular weight is 508 g/mol. The molecule has 0 fully saturated rings. The van der Waals surface area contributed by atoms with Crippen molar-refractivity contribution in [2.75, 3.05) is 13.7 Å². The number of benzene rings is 5. The fraction of sp³-hybridized carbons (Fsp3) is 0.312. The second-order valence-electron chi connectivity index (χ2n) is 10.5. The number of nitrogens with two attached hydrogens (primary N) is 2. The first-order valence-corrected chi connectivity index (χ1v) is 13.5. The maximum atomic E-state index is 12.6. The Labute approximate surface area is 221 Å². The number of methoxy groups -OCH3 is 1. The van der Waals surface area contributed by atoms with Crippen molar-refractivity contribution in [1.29, 1.82) is 0 Å². The second kappa shape index (κ2) is 9.86. The fourth-order valence-corrected chi connectivity index (χ4v) is 6.26. The van der Waals surface area contributed by atoms with Crippen LogP contribution in [0.25, 0.3) is 53.9 Å². The number of nitrogens with one attached hydrogen (secondary N) is 1. The van der Waals surface area contributed by atoms with Gasteiger partial charge in [0.15, 0.2) is 0 Å². The van der Waals surface area contributed by atoms with Gasteiger partial charge in [0.1, 0.15) is 6.04 Å². The highest BCUT2D eigenvalue weighted by molar-refractivity contribution is 6.44. The number of esters is 1. The Morgan fingerprint density at radius 2 is 1.37 bits per heavy atom. The second-order valence-corrected chi connectivity index (χ2v) is 10.5. The van der Waals surface area contributed by atoms with Gasteiger partial charge >= 0.3 is 5.97 Å². The lowest BCUT2D eigenvalue weighted by Gasteiger charge is -2.19. The van der Waals surface area contributed by atoms with Crippen molar-refractivity contribution in [2.24, 2.45) is 11.5 Å². The molecule has 194 valence electrons. The summed E-state index contributed by atoms with van der Waals surface area (Å²) in [6.45, 7) is 0.570. The highest BCUT2D eigenvalue weighted by Crippen LogP contribution is 2.48. The predicted octanol–water partition coefficient (Wildman–Crippen LogP) is 5.20. The van der Waals surface area contributed by atoms with E-state index in [2.05, 4.69) is 59.9 Å². The third kappa shape index (κ3) is 3.96. The van der Waals surface area contributed by atoms with Gasteiger partial charge in [-0.3, -0.25) is 4.79 Å². The maximum Gasteiger partial charge on any atom is 0.328 e. The molecule has 0 saturated carbocycles. The molecule has 38 heavy (non-hydrogen) atoms. The minimum absolute atomic E-state index is 0.322. The number of hydrogen-bond donors (Lipinski definition) is 3. The summed E-state index contributed by atoms with van der Waals surface area (Å²) in [6.07, 6.45) is 4.12. The van der Waals surface area contributed by atoms with E-state index in [0.717, 1.165) is 25.7 Å². The first kappa shape index (κ1) is 24.6.